The second-order valence-electron chi connectivity index (χ2n) is 27.7. The molecule has 5 aliphatic rings. The molecule has 18 rings (SSSR count). The number of rotatable bonds is 6. The lowest BCUT2D eigenvalue weighted by Gasteiger charge is -2.28. The van der Waals surface area contributed by atoms with Crippen LogP contribution >= 0.6 is 11.3 Å². The summed E-state index contributed by atoms with van der Waals surface area (Å²) in [5, 5.41) is 3.48. The Kier molecular flexibility index (Phi) is 56.3. The van der Waals surface area contributed by atoms with Crippen molar-refractivity contribution in [3.8, 4) is 11.3 Å². The van der Waals surface area contributed by atoms with E-state index in [-0.39, 0.29) is 18.5 Å². The molecule has 5 aliphatic heterocycles. The van der Waals surface area contributed by atoms with E-state index in [1.54, 1.807) is 25.0 Å². The molecular weight excluding hydrogens is 1630 g/mol. The van der Waals surface area contributed by atoms with E-state index < -0.39 is 0 Å². The van der Waals surface area contributed by atoms with Crippen molar-refractivity contribution in [3.05, 3.63) is 277 Å². The SMILES string of the molecule is CC.CC.CC.CC.CC.CC.CC.CC.CC.CC.CC.CC.Cc1ccccc1-c1c2sccc2cc[n+]1C.Cc1ccccc1N1c2ccncc2N(C)[C@@H]1C.Cc1ccccc1N1c2cnccc2N(C)[C@@H]1C.Cc1ccccc1N1c2cncnc2N(C)[C@@H]1C.Cc1ccccc1N1c2nccnc2N(C)[C@@H]1C.Cc1ccccc1N1c2ncncc2N(C)[C@@H]1C. The number of nitrogens with zero attached hydrogens (tertiary/aromatic N) is 19. The van der Waals surface area contributed by atoms with Gasteiger partial charge in [0.05, 0.1) is 53.1 Å². The minimum Gasteiger partial charge on any atom is -0.352 e. The van der Waals surface area contributed by atoms with Crippen LogP contribution in [-0.4, -0.2) is 106 Å². The van der Waals surface area contributed by atoms with Crippen LogP contribution in [0.2, 0.25) is 0 Å². The van der Waals surface area contributed by atoms with Crippen molar-refractivity contribution >= 4 is 107 Å². The molecule has 0 spiro atoms. The Morgan fingerprint density at radius 3 is 1.02 bits per heavy atom. The van der Waals surface area contributed by atoms with Crippen molar-refractivity contribution in [1.29, 1.82) is 0 Å². The molecule has 0 fully saturated rings. The first kappa shape index (κ1) is 117. The van der Waals surface area contributed by atoms with Crippen molar-refractivity contribution in [2.45, 2.75) is 273 Å². The van der Waals surface area contributed by atoms with Crippen LogP contribution < -0.4 is 53.6 Å². The van der Waals surface area contributed by atoms with Gasteiger partial charge in [0.25, 0.3) is 0 Å². The Hall–Kier alpha value is -12.0. The van der Waals surface area contributed by atoms with Gasteiger partial charge in [-0.1, -0.05) is 275 Å². The maximum Gasteiger partial charge on any atom is 0.230 e. The number of aryl methyl sites for hydroxylation is 7. The molecule has 0 saturated carbocycles. The highest BCUT2D eigenvalue weighted by Gasteiger charge is 2.38. The van der Waals surface area contributed by atoms with Gasteiger partial charge in [0, 0.05) is 99.9 Å². The summed E-state index contributed by atoms with van der Waals surface area (Å²) in [4.78, 5) is 57.0. The van der Waals surface area contributed by atoms with Gasteiger partial charge in [0.2, 0.25) is 5.69 Å². The van der Waals surface area contributed by atoms with Gasteiger partial charge in [-0.3, -0.25) is 9.97 Å². The molecule has 712 valence electrons. The Balaban J connectivity index is 0.000000750. The van der Waals surface area contributed by atoms with Gasteiger partial charge in [-0.25, -0.2) is 29.9 Å². The van der Waals surface area contributed by atoms with E-state index in [9.17, 15) is 0 Å². The maximum atomic E-state index is 4.48. The van der Waals surface area contributed by atoms with Crippen molar-refractivity contribution in [2.24, 2.45) is 7.05 Å². The Labute approximate surface area is 799 Å². The summed E-state index contributed by atoms with van der Waals surface area (Å²) < 4.78 is 3.57. The summed E-state index contributed by atoms with van der Waals surface area (Å²) in [5.74, 6) is 3.84. The van der Waals surface area contributed by atoms with Crippen LogP contribution in [0.15, 0.2) is 244 Å². The molecule has 0 N–H and O–H groups in total. The summed E-state index contributed by atoms with van der Waals surface area (Å²) in [6.07, 6.45) is 21.5. The van der Waals surface area contributed by atoms with E-state index in [2.05, 4.69) is 393 Å². The fourth-order valence-corrected chi connectivity index (χ4v) is 15.7. The zero-order valence-electron chi connectivity index (χ0n) is 88.4. The molecule has 0 bridgehead atoms. The fraction of sp³-hybridized carbons (Fsp3) is 0.414. The maximum absolute atomic E-state index is 4.48. The van der Waals surface area contributed by atoms with Gasteiger partial charge in [-0.05, 0) is 170 Å². The first-order valence-corrected chi connectivity index (χ1v) is 49.2. The van der Waals surface area contributed by atoms with Crippen molar-refractivity contribution < 1.29 is 4.57 Å². The monoisotopic (exact) mass is 1800 g/mol. The molecule has 13 aromatic rings. The van der Waals surface area contributed by atoms with Crippen molar-refractivity contribution in [1.82, 2.24) is 39.9 Å². The van der Waals surface area contributed by atoms with E-state index >= 15 is 0 Å². The van der Waals surface area contributed by atoms with E-state index in [0.717, 1.165) is 34.6 Å². The largest absolute Gasteiger partial charge is 0.352 e. The Bertz CT molecular complexity index is 4660. The highest BCUT2D eigenvalue weighted by molar-refractivity contribution is 7.17. The first-order chi connectivity index (χ1) is 63.8. The van der Waals surface area contributed by atoms with E-state index in [0.29, 0.717) is 12.3 Å². The second-order valence-corrected chi connectivity index (χ2v) is 28.6. The Morgan fingerprint density at radius 2 is 0.573 bits per heavy atom. The van der Waals surface area contributed by atoms with Crippen molar-refractivity contribution in [2.75, 3.05) is 84.2 Å². The first-order valence-electron chi connectivity index (χ1n) is 48.4. The summed E-state index contributed by atoms with van der Waals surface area (Å²) in [6, 6.07) is 59.2. The zero-order chi connectivity index (χ0) is 99.3. The lowest BCUT2D eigenvalue weighted by Crippen LogP contribution is -2.36. The predicted molar refractivity (Wildman–Crippen MR) is 580 cm³/mol. The third kappa shape index (κ3) is 28.5. The predicted octanol–water partition coefficient (Wildman–Crippen LogP) is 30.8. The van der Waals surface area contributed by atoms with Crippen LogP contribution in [0.1, 0.15) is 234 Å². The fourth-order valence-electron chi connectivity index (χ4n) is 14.8. The average molecular weight is 1800 g/mol. The molecule has 19 nitrogen and oxygen atoms in total. The Morgan fingerprint density at radius 1 is 0.260 bits per heavy atom. The molecule has 0 amide bonds. The minimum atomic E-state index is 0.225. The quantitative estimate of drug-likeness (QED) is 0.146. The van der Waals surface area contributed by atoms with Crippen LogP contribution in [0, 0.1) is 41.5 Å². The third-order valence-electron chi connectivity index (χ3n) is 21.3. The highest BCUT2D eigenvalue weighted by atomic mass is 32.1. The zero-order valence-corrected chi connectivity index (χ0v) is 89.2. The number of hydrogen-bond donors (Lipinski definition) is 0. The number of thiophene rings is 1. The van der Waals surface area contributed by atoms with Crippen molar-refractivity contribution in [3.63, 3.8) is 0 Å². The molecule has 12 heterocycles. The van der Waals surface area contributed by atoms with Gasteiger partial charge in [-0.2, -0.15) is 4.57 Å². The number of para-hydroxylation sites is 5. The van der Waals surface area contributed by atoms with Gasteiger partial charge < -0.3 is 49.0 Å². The van der Waals surface area contributed by atoms with E-state index in [1.807, 2.05) is 215 Å². The number of fused-ring (bicyclic) bond motifs is 6. The number of hydrogen-bond acceptors (Lipinski definition) is 19. The number of pyridine rings is 3. The normalized spacial score (nSPS) is 14.4. The van der Waals surface area contributed by atoms with Crippen LogP contribution in [-0.2, 0) is 7.05 Å². The molecule has 0 saturated heterocycles. The molecule has 131 heavy (non-hydrogen) atoms. The lowest BCUT2D eigenvalue weighted by molar-refractivity contribution is -0.659. The standard InChI is InChI=1S/2C15H17N3.C15H14NS.3C14H16N4.12C2H6/c1-11-6-4-5-7-13(11)18-12(2)17(3)15-10-16-9-8-14(15)18;1-11-6-4-5-7-13(11)18-12(2)17(3)14-8-9-16-10-15(14)18;1-11-5-3-4-6-13(11)14-15-12(8-10-17-15)7-9-16(14)2;1-10-6-4-5-7-12(10)18-11(2)17(3)14-13(18)8-15-9-16-14;1-10-6-4-5-7-12(10)18-11(2)17(3)13-8-15-9-16-14(13)18;1-10-6-4-5-7-12(10)18-11(2)17(3)13-14(18)16-9-8-15-13;12*1-2/h2*4-10,12H,1-3H3;3-10H,1-2H3;3*4-9,11H,1-3H3;12*1-2H3/q;;+1;;;;;;;;;;;;;;;/t2*12-;;3*11-;;;;;;;;;;;;/m00.000............/s1. The molecule has 0 unspecified atom stereocenters. The van der Waals surface area contributed by atoms with Gasteiger partial charge in [0.1, 0.15) is 66.6 Å². The van der Waals surface area contributed by atoms with Crippen LogP contribution in [0.5, 0.6) is 0 Å². The minimum absolute atomic E-state index is 0.225. The smallest absolute Gasteiger partial charge is 0.230 e. The van der Waals surface area contributed by atoms with Crippen LogP contribution in [0.4, 0.5) is 85.8 Å². The molecule has 7 aromatic heterocycles. The van der Waals surface area contributed by atoms with Gasteiger partial charge >= 0.3 is 0 Å². The van der Waals surface area contributed by atoms with E-state index in [1.165, 1.54) is 106 Å². The molecule has 0 aliphatic carbocycles. The molecular formula is C111H168N19S+. The summed E-state index contributed by atoms with van der Waals surface area (Å²) in [6.45, 7) is 71.8. The van der Waals surface area contributed by atoms with Crippen LogP contribution in [0.3, 0.4) is 0 Å². The average Bonchev–Trinajstić information content (AvgIpc) is 1.62. The molecule has 5 atom stereocenters. The summed E-state index contributed by atoms with van der Waals surface area (Å²) in [7, 11) is 12.5. The van der Waals surface area contributed by atoms with Gasteiger partial charge in [0.15, 0.2) is 29.5 Å². The van der Waals surface area contributed by atoms with E-state index in [4.69, 9.17) is 0 Å². The second kappa shape index (κ2) is 63.1. The summed E-state index contributed by atoms with van der Waals surface area (Å²) >= 11 is 1.81. The lowest BCUT2D eigenvalue weighted by atomic mass is 10.0. The van der Waals surface area contributed by atoms with Gasteiger partial charge in [-0.15, -0.1) is 11.3 Å². The van der Waals surface area contributed by atoms with Crippen LogP contribution in [0.25, 0.3) is 21.3 Å². The number of benzene rings is 6. The number of anilines is 15. The molecule has 20 heteroatoms. The highest BCUT2D eigenvalue weighted by Crippen LogP contribution is 2.48. The number of aromatic nitrogens is 9. The molecule has 6 aromatic carbocycles. The summed E-state index contributed by atoms with van der Waals surface area (Å²) in [5.41, 5.74) is 23.4. The molecule has 0 radical (unpaired) electrons. The topological polar surface area (TPSA) is 139 Å². The third-order valence-corrected chi connectivity index (χ3v) is 22.2.